The molecule has 8 heteroatoms. The smallest absolute Gasteiger partial charge is 0.300 e. The minimum atomic E-state index is -0.833. The Bertz CT molecular complexity index is 116. The fourth-order valence-corrected chi connectivity index (χ4v) is 0. The molecule has 0 amide bonds. The van der Waals surface area contributed by atoms with Gasteiger partial charge in [-0.1, -0.05) is 0 Å². The van der Waals surface area contributed by atoms with E-state index in [2.05, 4.69) is 0 Å². The van der Waals surface area contributed by atoms with Crippen molar-refractivity contribution in [1.82, 2.24) is 0 Å². The van der Waals surface area contributed by atoms with Gasteiger partial charge in [-0.3, -0.25) is 14.4 Å². The number of hydrogen-bond acceptors (Lipinski definition) is 3. The van der Waals surface area contributed by atoms with Crippen molar-refractivity contribution in [2.24, 2.45) is 0 Å². The predicted molar refractivity (Wildman–Crippen MR) is 43.5 cm³/mol. The summed E-state index contributed by atoms with van der Waals surface area (Å²) in [6.45, 7) is 3.25. The minimum absolute atomic E-state index is 0. The van der Waals surface area contributed by atoms with Crippen LogP contribution in [0.15, 0.2) is 0 Å². The maximum atomic E-state index is 9.00. The van der Waals surface area contributed by atoms with Gasteiger partial charge in [-0.15, -0.1) is 0 Å². The van der Waals surface area contributed by atoms with Crippen LogP contribution in [0.1, 0.15) is 20.8 Å². The van der Waals surface area contributed by atoms with E-state index in [0.29, 0.717) is 0 Å². The molecule has 0 spiro atoms. The summed E-state index contributed by atoms with van der Waals surface area (Å²) in [6.07, 6.45) is 0. The van der Waals surface area contributed by atoms with Gasteiger partial charge in [0.05, 0.1) is 0 Å². The fraction of sp³-hybridized carbons (Fsp3) is 0.500. The minimum Gasteiger partial charge on any atom is -0.481 e. The summed E-state index contributed by atoms with van der Waals surface area (Å²) in [7, 11) is 0. The van der Waals surface area contributed by atoms with E-state index in [-0.39, 0.29) is 22.5 Å². The van der Waals surface area contributed by atoms with Crippen molar-refractivity contribution in [2.45, 2.75) is 20.8 Å². The topological polar surface area (TPSA) is 143 Å². The zero-order valence-electron chi connectivity index (χ0n) is 7.92. The number of rotatable bonds is 0. The first-order valence-corrected chi connectivity index (χ1v) is 2.78. The fourth-order valence-electron chi connectivity index (χ4n) is 0. The number of carboxylic acids is 3. The van der Waals surface area contributed by atoms with Crippen molar-refractivity contribution in [2.75, 3.05) is 0 Å². The third-order valence-corrected chi connectivity index (χ3v) is 0. The van der Waals surface area contributed by atoms with Crippen molar-refractivity contribution in [1.29, 1.82) is 0 Å². The normalized spacial score (nSPS) is 5.36. The first-order chi connectivity index (χ1) is 5.20. The van der Waals surface area contributed by atoms with Crippen LogP contribution in [0.5, 0.6) is 0 Å². The second-order valence-electron chi connectivity index (χ2n) is 1.56. The van der Waals surface area contributed by atoms with Crippen LogP contribution in [0.4, 0.5) is 0 Å². The van der Waals surface area contributed by atoms with Crippen LogP contribution in [0.25, 0.3) is 0 Å². The number of carboxylic acid groups (broad SMARTS) is 3. The van der Waals surface area contributed by atoms with Crippen molar-refractivity contribution < 1.29 is 52.2 Å². The molecule has 0 aliphatic carbocycles. The molecule has 0 heterocycles. The molecule has 14 heavy (non-hydrogen) atoms. The molecule has 0 saturated heterocycles. The molecule has 0 aromatic rings. The molecule has 0 aromatic heterocycles. The van der Waals surface area contributed by atoms with Crippen LogP contribution in [0.2, 0.25) is 0 Å². The average Bonchev–Trinajstić information content (AvgIpc) is 1.54. The van der Waals surface area contributed by atoms with Gasteiger partial charge >= 0.3 is 0 Å². The van der Waals surface area contributed by atoms with E-state index in [0.717, 1.165) is 20.8 Å². The van der Waals surface area contributed by atoms with Crippen molar-refractivity contribution in [3.63, 3.8) is 0 Å². The Kier molecular flexibility index (Phi) is 47.4. The summed E-state index contributed by atoms with van der Waals surface area (Å²) >= 11 is 0. The van der Waals surface area contributed by atoms with Crippen molar-refractivity contribution in [3.05, 3.63) is 0 Å². The van der Waals surface area contributed by atoms with E-state index in [1.165, 1.54) is 0 Å². The van der Waals surface area contributed by atoms with Crippen LogP contribution < -0.4 is 0 Å². The first-order valence-electron chi connectivity index (χ1n) is 2.78. The van der Waals surface area contributed by atoms with Crippen molar-refractivity contribution in [3.8, 4) is 0 Å². The summed E-state index contributed by atoms with van der Waals surface area (Å²) < 4.78 is 0. The molecule has 0 unspecified atom stereocenters. The molecule has 0 fully saturated rings. The summed E-state index contributed by atoms with van der Waals surface area (Å²) in [6, 6.07) is 0. The number of aliphatic carboxylic acids is 3. The summed E-state index contributed by atoms with van der Waals surface area (Å²) in [4.78, 5) is 27.0. The molecule has 88 valence electrons. The second-order valence-corrected chi connectivity index (χ2v) is 1.56. The molecular weight excluding hydrogens is 240 g/mol. The molecule has 0 bridgehead atoms. The van der Waals surface area contributed by atoms with E-state index in [4.69, 9.17) is 29.7 Å². The Balaban J connectivity index is -0.0000000270. The Morgan fingerprint density at radius 3 is 0.714 bits per heavy atom. The molecule has 0 atom stereocenters. The average molecular weight is 254 g/mol. The van der Waals surface area contributed by atoms with Gasteiger partial charge < -0.3 is 20.8 Å². The second kappa shape index (κ2) is 22.7. The molecular formula is C6H14FeO7. The summed E-state index contributed by atoms with van der Waals surface area (Å²) in [5.74, 6) is -2.50. The zero-order chi connectivity index (χ0) is 10.7. The maximum Gasteiger partial charge on any atom is 0.300 e. The standard InChI is InChI=1S/3C2H4O2.Fe.H2O/c3*1-2(3)4;;/h3*1H3,(H,3,4);;1H2. The van der Waals surface area contributed by atoms with Gasteiger partial charge in [0.1, 0.15) is 0 Å². The van der Waals surface area contributed by atoms with Crippen LogP contribution in [-0.2, 0) is 31.5 Å². The van der Waals surface area contributed by atoms with Crippen LogP contribution in [-0.4, -0.2) is 38.7 Å². The zero-order valence-corrected chi connectivity index (χ0v) is 9.02. The van der Waals surface area contributed by atoms with Gasteiger partial charge in [0.25, 0.3) is 17.9 Å². The molecule has 7 nitrogen and oxygen atoms in total. The molecule has 0 rings (SSSR count). The number of carbonyl (C=O) groups is 3. The summed E-state index contributed by atoms with van der Waals surface area (Å²) in [5, 5.41) is 22.2. The van der Waals surface area contributed by atoms with Crippen LogP contribution >= 0.6 is 0 Å². The van der Waals surface area contributed by atoms with Gasteiger partial charge in [-0.25, -0.2) is 0 Å². The van der Waals surface area contributed by atoms with E-state index < -0.39 is 17.9 Å². The van der Waals surface area contributed by atoms with E-state index in [9.17, 15) is 0 Å². The van der Waals surface area contributed by atoms with Gasteiger partial charge in [-0.05, 0) is 0 Å². The largest absolute Gasteiger partial charge is 0.481 e. The molecule has 0 aromatic carbocycles. The SMILES string of the molecule is CC(=O)O.CC(=O)O.CC(=O)O.O.[Fe]. The van der Waals surface area contributed by atoms with Gasteiger partial charge in [0.15, 0.2) is 0 Å². The maximum absolute atomic E-state index is 9.00. The van der Waals surface area contributed by atoms with Crippen LogP contribution in [0, 0.1) is 0 Å². The Morgan fingerprint density at radius 2 is 0.714 bits per heavy atom. The van der Waals surface area contributed by atoms with Crippen molar-refractivity contribution >= 4 is 17.9 Å². The Hall–Kier alpha value is -1.11. The Labute approximate surface area is 91.5 Å². The molecule has 0 radical (unpaired) electrons. The van der Waals surface area contributed by atoms with Gasteiger partial charge in [0.2, 0.25) is 0 Å². The van der Waals surface area contributed by atoms with E-state index in [1.807, 2.05) is 0 Å². The molecule has 0 aliphatic heterocycles. The quantitative estimate of drug-likeness (QED) is 0.494. The van der Waals surface area contributed by atoms with Gasteiger partial charge in [0, 0.05) is 37.8 Å². The molecule has 0 saturated carbocycles. The van der Waals surface area contributed by atoms with Gasteiger partial charge in [-0.2, -0.15) is 0 Å². The monoisotopic (exact) mass is 254 g/mol. The van der Waals surface area contributed by atoms with E-state index >= 15 is 0 Å². The molecule has 0 aliphatic rings. The molecule has 5 N–H and O–H groups in total. The first kappa shape index (κ1) is 29.3. The predicted octanol–water partition coefficient (Wildman–Crippen LogP) is -0.555. The van der Waals surface area contributed by atoms with E-state index in [1.54, 1.807) is 0 Å². The third kappa shape index (κ3) is 864. The number of hydrogen-bond donors (Lipinski definition) is 3. The van der Waals surface area contributed by atoms with Crippen LogP contribution in [0.3, 0.4) is 0 Å². The Morgan fingerprint density at radius 1 is 0.714 bits per heavy atom. The third-order valence-electron chi connectivity index (χ3n) is 0. The summed E-state index contributed by atoms with van der Waals surface area (Å²) in [5.41, 5.74) is 0.